The topological polar surface area (TPSA) is 28.2 Å². The first kappa shape index (κ1) is 8.68. The van der Waals surface area contributed by atoms with Gasteiger partial charge in [0.05, 0.1) is 0 Å². The number of rotatable bonds is 2. The van der Waals surface area contributed by atoms with Crippen molar-refractivity contribution < 1.29 is 0 Å². The largest absolute Gasteiger partial charge is 0.357 e. The van der Waals surface area contributed by atoms with Crippen LogP contribution in [0, 0.1) is 0 Å². The minimum Gasteiger partial charge on any atom is -0.357 e. The van der Waals surface area contributed by atoms with E-state index in [1.807, 2.05) is 11.6 Å². The predicted molar refractivity (Wildman–Crippen MR) is 58.7 cm³/mol. The molecule has 2 atom stereocenters. The Bertz CT molecular complexity index is 298. The second-order valence-electron chi connectivity index (χ2n) is 4.12. The van der Waals surface area contributed by atoms with Crippen LogP contribution in [0.15, 0.2) is 11.6 Å². The summed E-state index contributed by atoms with van der Waals surface area (Å²) < 4.78 is 0. The molecule has 2 unspecified atom stereocenters. The Morgan fingerprint density at radius 2 is 2.43 bits per heavy atom. The van der Waals surface area contributed by atoms with Gasteiger partial charge in [-0.25, -0.2) is 4.98 Å². The monoisotopic (exact) mass is 209 g/mol. The lowest BCUT2D eigenvalue weighted by Crippen LogP contribution is -2.33. The van der Waals surface area contributed by atoms with E-state index in [0.717, 1.165) is 11.2 Å². The maximum Gasteiger partial charge on any atom is 0.182 e. The van der Waals surface area contributed by atoms with Gasteiger partial charge in [0.15, 0.2) is 5.13 Å². The Hall–Kier alpha value is -0.610. The van der Waals surface area contributed by atoms with E-state index in [1.165, 1.54) is 32.4 Å². The van der Waals surface area contributed by atoms with Gasteiger partial charge in [0.2, 0.25) is 0 Å². The molecule has 1 aromatic rings. The van der Waals surface area contributed by atoms with E-state index in [1.54, 1.807) is 11.3 Å². The number of fused-ring (bicyclic) bond motifs is 1. The Labute approximate surface area is 88.1 Å². The molecule has 2 fully saturated rings. The Morgan fingerprint density at radius 3 is 3.29 bits per heavy atom. The van der Waals surface area contributed by atoms with Gasteiger partial charge in [-0.1, -0.05) is 0 Å². The van der Waals surface area contributed by atoms with Crippen molar-refractivity contribution >= 4 is 16.5 Å². The quantitative estimate of drug-likeness (QED) is 0.805. The number of hydrogen-bond acceptors (Lipinski definition) is 4. The summed E-state index contributed by atoms with van der Waals surface area (Å²) in [5, 5.41) is 6.68. The number of thiazole rings is 1. The van der Waals surface area contributed by atoms with E-state index in [9.17, 15) is 0 Å². The van der Waals surface area contributed by atoms with Gasteiger partial charge in [-0.3, -0.25) is 4.90 Å². The van der Waals surface area contributed by atoms with Crippen molar-refractivity contribution in [3.8, 4) is 0 Å². The average Bonchev–Trinajstić information content (AvgIpc) is 2.85. The highest BCUT2D eigenvalue weighted by atomic mass is 32.1. The molecule has 4 heteroatoms. The zero-order valence-electron chi connectivity index (χ0n) is 8.15. The molecule has 0 bridgehead atoms. The second kappa shape index (κ2) is 3.51. The van der Waals surface area contributed by atoms with E-state index in [-0.39, 0.29) is 0 Å². The molecule has 0 amide bonds. The molecule has 0 aliphatic carbocycles. The number of aromatic nitrogens is 1. The van der Waals surface area contributed by atoms with Gasteiger partial charge >= 0.3 is 0 Å². The van der Waals surface area contributed by atoms with E-state index < -0.39 is 0 Å². The predicted octanol–water partition coefficient (Wildman–Crippen LogP) is 1.79. The third kappa shape index (κ3) is 1.42. The molecule has 0 saturated carbocycles. The molecule has 14 heavy (non-hydrogen) atoms. The summed E-state index contributed by atoms with van der Waals surface area (Å²) in [6, 6.07) is 1.42. The summed E-state index contributed by atoms with van der Waals surface area (Å²) >= 11 is 1.70. The number of anilines is 1. The molecule has 1 aromatic heterocycles. The SMILES string of the molecule is c1csc(NC2CCN3CCCC23)n1. The summed E-state index contributed by atoms with van der Waals surface area (Å²) in [6.45, 7) is 2.58. The van der Waals surface area contributed by atoms with Crippen LogP contribution in [0.25, 0.3) is 0 Å². The molecule has 1 N–H and O–H groups in total. The summed E-state index contributed by atoms with van der Waals surface area (Å²) in [5.41, 5.74) is 0. The molecule has 0 spiro atoms. The van der Waals surface area contributed by atoms with Crippen LogP contribution >= 0.6 is 11.3 Å². The van der Waals surface area contributed by atoms with Gasteiger partial charge < -0.3 is 5.32 Å². The van der Waals surface area contributed by atoms with Crippen LogP contribution < -0.4 is 5.32 Å². The van der Waals surface area contributed by atoms with E-state index in [4.69, 9.17) is 0 Å². The minimum absolute atomic E-state index is 0.642. The maximum absolute atomic E-state index is 4.28. The zero-order valence-corrected chi connectivity index (χ0v) is 8.96. The van der Waals surface area contributed by atoms with E-state index in [0.29, 0.717) is 6.04 Å². The Morgan fingerprint density at radius 1 is 1.43 bits per heavy atom. The highest BCUT2D eigenvalue weighted by Crippen LogP contribution is 2.30. The van der Waals surface area contributed by atoms with Crippen molar-refractivity contribution in [2.24, 2.45) is 0 Å². The van der Waals surface area contributed by atoms with Crippen molar-refractivity contribution in [1.29, 1.82) is 0 Å². The molecular formula is C10H15N3S. The molecule has 2 saturated heterocycles. The van der Waals surface area contributed by atoms with Crippen LogP contribution in [0.2, 0.25) is 0 Å². The third-order valence-electron chi connectivity index (χ3n) is 3.35. The molecular weight excluding hydrogens is 194 g/mol. The second-order valence-corrected chi connectivity index (χ2v) is 5.02. The van der Waals surface area contributed by atoms with Crippen molar-refractivity contribution in [1.82, 2.24) is 9.88 Å². The van der Waals surface area contributed by atoms with Crippen LogP contribution in [-0.2, 0) is 0 Å². The van der Waals surface area contributed by atoms with Crippen molar-refractivity contribution in [2.45, 2.75) is 31.3 Å². The lowest BCUT2D eigenvalue weighted by atomic mass is 10.1. The summed E-state index contributed by atoms with van der Waals surface area (Å²) in [6.07, 6.45) is 5.89. The van der Waals surface area contributed by atoms with Gasteiger partial charge in [-0.2, -0.15) is 0 Å². The number of hydrogen-bond donors (Lipinski definition) is 1. The van der Waals surface area contributed by atoms with E-state index >= 15 is 0 Å². The summed E-state index contributed by atoms with van der Waals surface area (Å²) in [4.78, 5) is 6.90. The summed E-state index contributed by atoms with van der Waals surface area (Å²) in [7, 11) is 0. The standard InChI is InChI=1S/C10H15N3S/c1-2-9-8(3-6-13(9)5-1)12-10-11-4-7-14-10/h4,7-9H,1-3,5-6H2,(H,11,12). The van der Waals surface area contributed by atoms with Gasteiger partial charge in [0.1, 0.15) is 0 Å². The van der Waals surface area contributed by atoms with Crippen molar-refractivity contribution in [3.05, 3.63) is 11.6 Å². The lowest BCUT2D eigenvalue weighted by molar-refractivity contribution is 0.318. The Kier molecular flexibility index (Phi) is 2.18. The van der Waals surface area contributed by atoms with E-state index in [2.05, 4.69) is 15.2 Å². The number of nitrogens with zero attached hydrogens (tertiary/aromatic N) is 2. The first-order chi connectivity index (χ1) is 6.93. The molecule has 76 valence electrons. The fraction of sp³-hybridized carbons (Fsp3) is 0.700. The summed E-state index contributed by atoms with van der Waals surface area (Å²) in [5.74, 6) is 0. The van der Waals surface area contributed by atoms with Crippen LogP contribution in [0.3, 0.4) is 0 Å². The van der Waals surface area contributed by atoms with Crippen LogP contribution in [0.4, 0.5) is 5.13 Å². The minimum atomic E-state index is 0.642. The molecule has 2 aliphatic heterocycles. The van der Waals surface area contributed by atoms with Crippen molar-refractivity contribution in [3.63, 3.8) is 0 Å². The molecule has 0 aromatic carbocycles. The van der Waals surface area contributed by atoms with Gasteiger partial charge in [-0.05, 0) is 25.8 Å². The van der Waals surface area contributed by atoms with Gasteiger partial charge in [0.25, 0.3) is 0 Å². The Balaban J connectivity index is 1.68. The van der Waals surface area contributed by atoms with Crippen molar-refractivity contribution in [2.75, 3.05) is 18.4 Å². The highest BCUT2D eigenvalue weighted by Gasteiger charge is 2.37. The fourth-order valence-electron chi connectivity index (χ4n) is 2.70. The first-order valence-corrected chi connectivity index (χ1v) is 6.21. The molecule has 3 nitrogen and oxygen atoms in total. The van der Waals surface area contributed by atoms with Crippen LogP contribution in [0.5, 0.6) is 0 Å². The molecule has 3 rings (SSSR count). The smallest absolute Gasteiger partial charge is 0.182 e. The molecule has 3 heterocycles. The molecule has 2 aliphatic rings. The maximum atomic E-state index is 4.28. The fourth-order valence-corrected chi connectivity index (χ4v) is 3.30. The highest BCUT2D eigenvalue weighted by molar-refractivity contribution is 7.13. The first-order valence-electron chi connectivity index (χ1n) is 5.33. The van der Waals surface area contributed by atoms with Crippen LogP contribution in [-0.4, -0.2) is 35.1 Å². The third-order valence-corrected chi connectivity index (χ3v) is 4.05. The van der Waals surface area contributed by atoms with Gasteiger partial charge in [0, 0.05) is 30.2 Å². The van der Waals surface area contributed by atoms with Gasteiger partial charge in [-0.15, -0.1) is 11.3 Å². The number of nitrogens with one attached hydrogen (secondary N) is 1. The average molecular weight is 209 g/mol. The zero-order chi connectivity index (χ0) is 9.38. The normalized spacial score (nSPS) is 32.0. The lowest BCUT2D eigenvalue weighted by Gasteiger charge is -2.20. The molecule has 0 radical (unpaired) electrons. The van der Waals surface area contributed by atoms with Crippen LogP contribution in [0.1, 0.15) is 19.3 Å².